The van der Waals surface area contributed by atoms with Crippen LogP contribution in [0.3, 0.4) is 0 Å². The van der Waals surface area contributed by atoms with Gasteiger partial charge in [-0.15, -0.1) is 0 Å². The Hall–Kier alpha value is -2.16. The van der Waals surface area contributed by atoms with Gasteiger partial charge in [0.05, 0.1) is 13.7 Å². The molecule has 2 aromatic carbocycles. The summed E-state index contributed by atoms with van der Waals surface area (Å²) in [5.41, 5.74) is 9.40. The molecule has 1 atom stereocenters. The highest BCUT2D eigenvalue weighted by atomic mass is 16.5. The van der Waals surface area contributed by atoms with Gasteiger partial charge in [-0.2, -0.15) is 0 Å². The zero-order chi connectivity index (χ0) is 14.7. The van der Waals surface area contributed by atoms with Crippen LogP contribution in [0, 0.1) is 0 Å². The van der Waals surface area contributed by atoms with Crippen molar-refractivity contribution in [2.24, 2.45) is 0 Å². The van der Waals surface area contributed by atoms with Crippen molar-refractivity contribution in [2.75, 3.05) is 19.5 Å². The molecule has 2 N–H and O–H groups in total. The molecule has 0 fully saturated rings. The predicted molar refractivity (Wildman–Crippen MR) is 85.0 cm³/mol. The third kappa shape index (κ3) is 2.97. The molecule has 1 unspecified atom stereocenters. The lowest BCUT2D eigenvalue weighted by Crippen LogP contribution is -2.16. The number of hydrogen-bond donors (Lipinski definition) is 1. The molecule has 0 aliphatic heterocycles. The monoisotopic (exact) mass is 283 g/mol. The van der Waals surface area contributed by atoms with Gasteiger partial charge in [-0.3, -0.25) is 0 Å². The van der Waals surface area contributed by atoms with Gasteiger partial charge in [-0.25, -0.2) is 0 Å². The summed E-state index contributed by atoms with van der Waals surface area (Å²) >= 11 is 0. The topological polar surface area (TPSA) is 44.5 Å². The molecule has 3 heteroatoms. The molecular formula is C18H21NO2. The number of nitrogen functional groups attached to an aromatic ring is 1. The third-order valence-corrected chi connectivity index (χ3v) is 4.12. The van der Waals surface area contributed by atoms with Crippen molar-refractivity contribution in [1.29, 1.82) is 0 Å². The van der Waals surface area contributed by atoms with Crippen LogP contribution in [0.4, 0.5) is 5.69 Å². The number of methoxy groups -OCH3 is 1. The molecule has 110 valence electrons. The van der Waals surface area contributed by atoms with Crippen molar-refractivity contribution in [3.05, 3.63) is 53.6 Å². The van der Waals surface area contributed by atoms with Crippen LogP contribution in [0.2, 0.25) is 0 Å². The first-order valence-electron chi connectivity index (χ1n) is 7.42. The maximum absolute atomic E-state index is 6.00. The van der Waals surface area contributed by atoms with E-state index in [1.54, 1.807) is 7.11 Å². The number of anilines is 1. The number of benzene rings is 2. The molecular weight excluding hydrogens is 262 g/mol. The van der Waals surface area contributed by atoms with Gasteiger partial charge >= 0.3 is 0 Å². The second-order valence-electron chi connectivity index (χ2n) is 5.51. The molecule has 0 bridgehead atoms. The largest absolute Gasteiger partial charge is 0.493 e. The van der Waals surface area contributed by atoms with Crippen molar-refractivity contribution >= 4 is 5.69 Å². The van der Waals surface area contributed by atoms with E-state index in [9.17, 15) is 0 Å². The minimum Gasteiger partial charge on any atom is -0.493 e. The normalized spacial score (nSPS) is 17.1. The molecule has 0 amide bonds. The Kier molecular flexibility index (Phi) is 4.00. The second kappa shape index (κ2) is 6.08. The van der Waals surface area contributed by atoms with Crippen molar-refractivity contribution < 1.29 is 9.47 Å². The van der Waals surface area contributed by atoms with E-state index in [0.29, 0.717) is 18.2 Å². The molecule has 3 rings (SSSR count). The van der Waals surface area contributed by atoms with Gasteiger partial charge in [-0.1, -0.05) is 24.3 Å². The lowest BCUT2D eigenvalue weighted by molar-refractivity contribution is 0.260. The minimum atomic E-state index is 0.445. The number of nitrogens with two attached hydrogens (primary N) is 1. The fraction of sp³-hybridized carbons (Fsp3) is 0.333. The number of ether oxygens (including phenoxy) is 2. The molecule has 0 spiro atoms. The number of rotatable bonds is 4. The molecule has 0 radical (unpaired) electrons. The highest BCUT2D eigenvalue weighted by Gasteiger charge is 2.20. The molecule has 1 aliphatic rings. The van der Waals surface area contributed by atoms with Crippen molar-refractivity contribution in [3.63, 3.8) is 0 Å². The van der Waals surface area contributed by atoms with Crippen LogP contribution in [0.5, 0.6) is 11.5 Å². The van der Waals surface area contributed by atoms with Gasteiger partial charge < -0.3 is 15.2 Å². The summed E-state index contributed by atoms with van der Waals surface area (Å²) in [5, 5.41) is 0. The summed E-state index contributed by atoms with van der Waals surface area (Å²) in [6.45, 7) is 0.664. The molecule has 0 aromatic heterocycles. The molecule has 3 nitrogen and oxygen atoms in total. The third-order valence-electron chi connectivity index (χ3n) is 4.12. The van der Waals surface area contributed by atoms with Crippen LogP contribution in [0.15, 0.2) is 42.5 Å². The Labute approximate surface area is 125 Å². The summed E-state index contributed by atoms with van der Waals surface area (Å²) in [6.07, 6.45) is 3.56. The molecule has 2 aromatic rings. The van der Waals surface area contributed by atoms with Crippen LogP contribution < -0.4 is 15.2 Å². The highest BCUT2D eigenvalue weighted by Crippen LogP contribution is 2.34. The zero-order valence-corrected chi connectivity index (χ0v) is 12.3. The van der Waals surface area contributed by atoms with E-state index < -0.39 is 0 Å². The number of aryl methyl sites for hydroxylation is 1. The minimum absolute atomic E-state index is 0.445. The summed E-state index contributed by atoms with van der Waals surface area (Å²) < 4.78 is 11.3. The van der Waals surface area contributed by atoms with Gasteiger partial charge in [0, 0.05) is 17.7 Å². The predicted octanol–water partition coefficient (Wildman–Crippen LogP) is 3.78. The van der Waals surface area contributed by atoms with Crippen LogP contribution >= 0.6 is 0 Å². The fourth-order valence-corrected chi connectivity index (χ4v) is 3.02. The quantitative estimate of drug-likeness (QED) is 0.869. The van der Waals surface area contributed by atoms with Gasteiger partial charge in [-0.05, 0) is 42.5 Å². The Morgan fingerprint density at radius 2 is 2.00 bits per heavy atom. The van der Waals surface area contributed by atoms with E-state index in [2.05, 4.69) is 24.3 Å². The summed E-state index contributed by atoms with van der Waals surface area (Å²) in [4.78, 5) is 0. The first kappa shape index (κ1) is 13.8. The van der Waals surface area contributed by atoms with Gasteiger partial charge in [0.25, 0.3) is 0 Å². The molecule has 21 heavy (non-hydrogen) atoms. The summed E-state index contributed by atoms with van der Waals surface area (Å²) in [7, 11) is 1.65. The lowest BCUT2D eigenvalue weighted by atomic mass is 9.83. The molecule has 1 aliphatic carbocycles. The average Bonchev–Trinajstić information content (AvgIpc) is 2.53. The van der Waals surface area contributed by atoms with Crippen LogP contribution in [-0.2, 0) is 6.42 Å². The van der Waals surface area contributed by atoms with E-state index in [-0.39, 0.29) is 0 Å². The smallest absolute Gasteiger partial charge is 0.163 e. The van der Waals surface area contributed by atoms with Crippen LogP contribution in [-0.4, -0.2) is 13.7 Å². The van der Waals surface area contributed by atoms with Crippen molar-refractivity contribution in [1.82, 2.24) is 0 Å². The average molecular weight is 283 g/mol. The number of fused-ring (bicyclic) bond motifs is 1. The van der Waals surface area contributed by atoms with Crippen molar-refractivity contribution in [2.45, 2.75) is 25.2 Å². The first-order chi connectivity index (χ1) is 10.3. The van der Waals surface area contributed by atoms with Crippen molar-refractivity contribution in [3.8, 4) is 11.5 Å². The van der Waals surface area contributed by atoms with Gasteiger partial charge in [0.1, 0.15) is 0 Å². The Morgan fingerprint density at radius 3 is 2.86 bits per heavy atom. The zero-order valence-electron chi connectivity index (χ0n) is 12.3. The molecule has 0 heterocycles. The first-order valence-corrected chi connectivity index (χ1v) is 7.42. The van der Waals surface area contributed by atoms with E-state index in [1.807, 2.05) is 18.2 Å². The SMILES string of the molecule is COc1ccc(N)cc1OCC1CCCc2ccccc21. The lowest BCUT2D eigenvalue weighted by Gasteiger charge is -2.25. The number of hydrogen-bond acceptors (Lipinski definition) is 3. The maximum Gasteiger partial charge on any atom is 0.163 e. The Morgan fingerprint density at radius 1 is 1.14 bits per heavy atom. The van der Waals surface area contributed by atoms with E-state index in [1.165, 1.54) is 30.4 Å². The Balaban J connectivity index is 1.76. The fourth-order valence-electron chi connectivity index (χ4n) is 3.02. The summed E-state index contributed by atoms with van der Waals surface area (Å²) in [6, 6.07) is 14.2. The van der Waals surface area contributed by atoms with E-state index >= 15 is 0 Å². The standard InChI is InChI=1S/C18H21NO2/c1-20-17-10-9-15(19)11-18(17)21-12-14-7-4-6-13-5-2-3-8-16(13)14/h2-3,5,8-11,14H,4,6-7,12,19H2,1H3. The molecule has 0 saturated carbocycles. The van der Waals surface area contributed by atoms with Crippen LogP contribution in [0.1, 0.15) is 29.9 Å². The molecule has 0 saturated heterocycles. The summed E-state index contributed by atoms with van der Waals surface area (Å²) in [5.74, 6) is 1.90. The highest BCUT2D eigenvalue weighted by molar-refractivity contribution is 5.52. The van der Waals surface area contributed by atoms with E-state index in [4.69, 9.17) is 15.2 Å². The maximum atomic E-state index is 6.00. The van der Waals surface area contributed by atoms with E-state index in [0.717, 1.165) is 11.5 Å². The van der Waals surface area contributed by atoms with Crippen LogP contribution in [0.25, 0.3) is 0 Å². The van der Waals surface area contributed by atoms with Gasteiger partial charge in [0.15, 0.2) is 11.5 Å². The Bertz CT molecular complexity index is 624. The van der Waals surface area contributed by atoms with Gasteiger partial charge in [0.2, 0.25) is 0 Å². The second-order valence-corrected chi connectivity index (χ2v) is 5.51.